The average Bonchev–Trinajstić information content (AvgIpc) is 3.16. The van der Waals surface area contributed by atoms with Crippen LogP contribution in [0.3, 0.4) is 0 Å². The summed E-state index contributed by atoms with van der Waals surface area (Å²) in [5.74, 6) is 2.30. The van der Waals surface area contributed by atoms with E-state index in [-0.39, 0.29) is 5.78 Å². The van der Waals surface area contributed by atoms with E-state index in [1.807, 2.05) is 30.3 Å². The molecule has 3 aliphatic rings. The number of nitrogens with zero attached hydrogens (tertiary/aromatic N) is 2. The highest BCUT2D eigenvalue weighted by atomic mass is 16.5. The quantitative estimate of drug-likeness (QED) is 0.645. The fourth-order valence-electron chi connectivity index (χ4n) is 4.42. The molecule has 0 amide bonds. The van der Waals surface area contributed by atoms with Crippen molar-refractivity contribution in [2.75, 3.05) is 53.2 Å². The van der Waals surface area contributed by atoms with E-state index < -0.39 is 0 Å². The molecule has 2 aromatic rings. The first-order valence-electron chi connectivity index (χ1n) is 11.1. The standard InChI is InChI=1S/C25H28N2O5/c1-29-21-6-3-2-5-18(21)15-23-24(28)19-7-8-22-20(25(19)32-23)16-27(17-31-22)10-4-9-26-11-13-30-14-12-26/h2-3,5-8,15H,4,9-14,16-17H2,1H3/b23-15-. The second-order valence-electron chi connectivity index (χ2n) is 8.23. The number of ketones is 1. The van der Waals surface area contributed by atoms with Crippen LogP contribution in [0.25, 0.3) is 6.08 Å². The number of morpholine rings is 1. The zero-order valence-corrected chi connectivity index (χ0v) is 18.3. The van der Waals surface area contributed by atoms with Crippen LogP contribution in [-0.2, 0) is 11.3 Å². The largest absolute Gasteiger partial charge is 0.496 e. The Kier molecular flexibility index (Phi) is 6.12. The van der Waals surface area contributed by atoms with Gasteiger partial charge in [0.25, 0.3) is 0 Å². The molecule has 7 heteroatoms. The van der Waals surface area contributed by atoms with Crippen molar-refractivity contribution >= 4 is 11.9 Å². The van der Waals surface area contributed by atoms with Crippen molar-refractivity contribution in [1.29, 1.82) is 0 Å². The minimum absolute atomic E-state index is 0.113. The van der Waals surface area contributed by atoms with Crippen LogP contribution in [0.15, 0.2) is 42.2 Å². The topological polar surface area (TPSA) is 60.5 Å². The highest BCUT2D eigenvalue weighted by molar-refractivity contribution is 6.15. The summed E-state index contributed by atoms with van der Waals surface area (Å²) in [6, 6.07) is 11.3. The summed E-state index contributed by atoms with van der Waals surface area (Å²) in [6.07, 6.45) is 2.81. The Morgan fingerprint density at radius 1 is 1.06 bits per heavy atom. The molecule has 0 spiro atoms. The van der Waals surface area contributed by atoms with E-state index in [1.54, 1.807) is 19.3 Å². The Morgan fingerprint density at radius 3 is 2.72 bits per heavy atom. The number of fused-ring (bicyclic) bond motifs is 3. The molecule has 0 atom stereocenters. The van der Waals surface area contributed by atoms with E-state index in [0.29, 0.717) is 36.1 Å². The van der Waals surface area contributed by atoms with Crippen LogP contribution in [0, 0.1) is 0 Å². The van der Waals surface area contributed by atoms with Gasteiger partial charge in [-0.25, -0.2) is 0 Å². The lowest BCUT2D eigenvalue weighted by Crippen LogP contribution is -2.39. The van der Waals surface area contributed by atoms with E-state index in [9.17, 15) is 4.79 Å². The number of allylic oxidation sites excluding steroid dienone is 1. The molecule has 0 radical (unpaired) electrons. The lowest BCUT2D eigenvalue weighted by Gasteiger charge is -2.31. The SMILES string of the molecule is COc1ccccc1/C=C1\Oc2c(ccc3c2CN(CCCN2CCOCC2)CO3)C1=O. The minimum Gasteiger partial charge on any atom is -0.496 e. The number of carbonyl (C=O) groups excluding carboxylic acids is 1. The van der Waals surface area contributed by atoms with Gasteiger partial charge >= 0.3 is 0 Å². The number of hydrogen-bond acceptors (Lipinski definition) is 7. The molecule has 7 nitrogen and oxygen atoms in total. The zero-order chi connectivity index (χ0) is 21.9. The number of methoxy groups -OCH3 is 1. The second kappa shape index (κ2) is 9.32. The first-order chi connectivity index (χ1) is 15.7. The summed E-state index contributed by atoms with van der Waals surface area (Å²) in [5.41, 5.74) is 2.33. The van der Waals surface area contributed by atoms with Crippen molar-refractivity contribution in [2.45, 2.75) is 13.0 Å². The van der Waals surface area contributed by atoms with Crippen molar-refractivity contribution in [3.05, 3.63) is 58.8 Å². The first kappa shape index (κ1) is 21.0. The molecule has 2 aromatic carbocycles. The van der Waals surface area contributed by atoms with Gasteiger partial charge in [-0.2, -0.15) is 0 Å². The Balaban J connectivity index is 1.30. The molecule has 1 fully saturated rings. The van der Waals surface area contributed by atoms with Crippen molar-refractivity contribution in [3.8, 4) is 17.2 Å². The Labute approximate surface area is 188 Å². The van der Waals surface area contributed by atoms with Gasteiger partial charge in [0.2, 0.25) is 5.78 Å². The smallest absolute Gasteiger partial charge is 0.231 e. The number of Topliss-reactive ketones (excluding diaryl/α,β-unsaturated/α-hetero) is 1. The fraction of sp³-hybridized carbons (Fsp3) is 0.400. The summed E-state index contributed by atoms with van der Waals surface area (Å²) in [7, 11) is 1.62. The van der Waals surface area contributed by atoms with Crippen LogP contribution in [0.5, 0.6) is 17.2 Å². The molecular formula is C25H28N2O5. The number of ether oxygens (including phenoxy) is 4. The van der Waals surface area contributed by atoms with Crippen LogP contribution >= 0.6 is 0 Å². The van der Waals surface area contributed by atoms with E-state index in [2.05, 4.69) is 9.80 Å². The van der Waals surface area contributed by atoms with Gasteiger partial charge in [0.1, 0.15) is 24.0 Å². The number of para-hydroxylation sites is 1. The van der Waals surface area contributed by atoms with Gasteiger partial charge in [-0.1, -0.05) is 18.2 Å². The summed E-state index contributed by atoms with van der Waals surface area (Å²) in [4.78, 5) is 17.7. The predicted octanol–water partition coefficient (Wildman–Crippen LogP) is 3.19. The molecule has 1 saturated heterocycles. The van der Waals surface area contributed by atoms with Crippen LogP contribution in [0.2, 0.25) is 0 Å². The maximum atomic E-state index is 13.0. The third-order valence-electron chi connectivity index (χ3n) is 6.16. The number of hydrogen-bond donors (Lipinski definition) is 0. The third kappa shape index (κ3) is 4.24. The lowest BCUT2D eigenvalue weighted by molar-refractivity contribution is 0.0329. The number of benzene rings is 2. The molecule has 0 unspecified atom stereocenters. The second-order valence-corrected chi connectivity index (χ2v) is 8.23. The molecule has 0 N–H and O–H groups in total. The summed E-state index contributed by atoms with van der Waals surface area (Å²) < 4.78 is 22.9. The normalized spacial score (nSPS) is 19.9. The third-order valence-corrected chi connectivity index (χ3v) is 6.16. The highest BCUT2D eigenvalue weighted by Crippen LogP contribution is 2.42. The summed E-state index contributed by atoms with van der Waals surface area (Å²) in [5, 5.41) is 0. The number of rotatable bonds is 6. The Hall–Kier alpha value is -2.87. The van der Waals surface area contributed by atoms with Gasteiger partial charge in [0, 0.05) is 31.7 Å². The molecule has 3 aliphatic heterocycles. The van der Waals surface area contributed by atoms with Crippen molar-refractivity contribution < 1.29 is 23.7 Å². The highest BCUT2D eigenvalue weighted by Gasteiger charge is 2.33. The number of carbonyl (C=O) groups is 1. The van der Waals surface area contributed by atoms with Gasteiger partial charge in [-0.3, -0.25) is 14.6 Å². The summed E-state index contributed by atoms with van der Waals surface area (Å²) in [6.45, 7) is 6.89. The van der Waals surface area contributed by atoms with Crippen LogP contribution < -0.4 is 14.2 Å². The van der Waals surface area contributed by atoms with Crippen LogP contribution in [-0.4, -0.2) is 68.8 Å². The molecule has 3 heterocycles. The molecule has 168 valence electrons. The van der Waals surface area contributed by atoms with E-state index in [0.717, 1.165) is 62.7 Å². The minimum atomic E-state index is -0.113. The molecule has 0 aliphatic carbocycles. The summed E-state index contributed by atoms with van der Waals surface area (Å²) >= 11 is 0. The average molecular weight is 437 g/mol. The van der Waals surface area contributed by atoms with Gasteiger partial charge in [-0.15, -0.1) is 0 Å². The van der Waals surface area contributed by atoms with Gasteiger partial charge in [-0.05, 0) is 37.2 Å². The monoisotopic (exact) mass is 436 g/mol. The maximum absolute atomic E-state index is 13.0. The lowest BCUT2D eigenvalue weighted by atomic mass is 10.0. The molecule has 0 aromatic heterocycles. The first-order valence-corrected chi connectivity index (χ1v) is 11.1. The van der Waals surface area contributed by atoms with Crippen molar-refractivity contribution in [2.24, 2.45) is 0 Å². The van der Waals surface area contributed by atoms with Gasteiger partial charge < -0.3 is 18.9 Å². The van der Waals surface area contributed by atoms with Crippen LogP contribution in [0.1, 0.15) is 27.9 Å². The van der Waals surface area contributed by atoms with E-state index in [4.69, 9.17) is 18.9 Å². The molecular weight excluding hydrogens is 408 g/mol. The zero-order valence-electron chi connectivity index (χ0n) is 18.3. The molecule has 0 bridgehead atoms. The fourth-order valence-corrected chi connectivity index (χ4v) is 4.42. The van der Waals surface area contributed by atoms with Gasteiger partial charge in [0.05, 0.1) is 31.5 Å². The van der Waals surface area contributed by atoms with E-state index in [1.165, 1.54) is 0 Å². The molecule has 0 saturated carbocycles. The predicted molar refractivity (Wildman–Crippen MR) is 120 cm³/mol. The van der Waals surface area contributed by atoms with Crippen LogP contribution in [0.4, 0.5) is 0 Å². The van der Waals surface area contributed by atoms with Crippen molar-refractivity contribution in [1.82, 2.24) is 9.80 Å². The van der Waals surface area contributed by atoms with E-state index >= 15 is 0 Å². The molecule has 5 rings (SSSR count). The molecule has 32 heavy (non-hydrogen) atoms. The maximum Gasteiger partial charge on any atom is 0.231 e. The van der Waals surface area contributed by atoms with Gasteiger partial charge in [0.15, 0.2) is 5.76 Å². The Morgan fingerprint density at radius 2 is 1.88 bits per heavy atom. The Bertz CT molecular complexity index is 1030. The van der Waals surface area contributed by atoms with Crippen molar-refractivity contribution in [3.63, 3.8) is 0 Å².